The Morgan fingerprint density at radius 3 is 2.92 bits per heavy atom. The van der Waals surface area contributed by atoms with Crippen molar-refractivity contribution in [3.63, 3.8) is 0 Å². The molecule has 2 atom stereocenters. The van der Waals surface area contributed by atoms with Crippen LogP contribution < -0.4 is 5.32 Å². The maximum Gasteiger partial charge on any atom is 0.251 e. The molecule has 5 heteroatoms. The van der Waals surface area contributed by atoms with Crippen LogP contribution in [-0.2, 0) is 4.74 Å². The third-order valence-electron chi connectivity index (χ3n) is 5.09. The molecule has 0 spiro atoms. The Labute approximate surface area is 142 Å². The Morgan fingerprint density at radius 1 is 1.17 bits per heavy atom. The third-order valence-corrected chi connectivity index (χ3v) is 5.09. The van der Waals surface area contributed by atoms with Gasteiger partial charge >= 0.3 is 0 Å². The lowest BCUT2D eigenvalue weighted by molar-refractivity contribution is 0.0900. The predicted octanol–water partition coefficient (Wildman–Crippen LogP) is 2.22. The van der Waals surface area contributed by atoms with Gasteiger partial charge in [0.15, 0.2) is 0 Å². The minimum absolute atomic E-state index is 0.0294. The third kappa shape index (κ3) is 3.14. The molecule has 0 unspecified atom stereocenters. The molecule has 1 amide bonds. The fraction of sp³-hybridized carbons (Fsp3) is 0.474. The number of nitrogens with one attached hydrogen (secondary N) is 1. The number of ether oxygens (including phenoxy) is 1. The van der Waals surface area contributed by atoms with Crippen LogP contribution in [0.15, 0.2) is 36.5 Å². The number of hydrogen-bond acceptors (Lipinski definition) is 4. The van der Waals surface area contributed by atoms with E-state index < -0.39 is 0 Å². The van der Waals surface area contributed by atoms with Gasteiger partial charge < -0.3 is 10.1 Å². The highest BCUT2D eigenvalue weighted by atomic mass is 16.5. The highest BCUT2D eigenvalue weighted by molar-refractivity contribution is 5.98. The standard InChI is InChI=1S/C19H23N3O2/c23-19(15-6-7-16-14(11-15)5-4-8-20-16)21-17-12-24-13-18(17)22-9-2-1-3-10-22/h4-8,11,17-18H,1-3,9-10,12-13H2,(H,21,23)/t17-,18-/m0/s1. The van der Waals surface area contributed by atoms with Crippen molar-refractivity contribution in [2.45, 2.75) is 31.3 Å². The number of likely N-dealkylation sites (tertiary alicyclic amines) is 1. The van der Waals surface area contributed by atoms with Crippen molar-refractivity contribution in [3.8, 4) is 0 Å². The van der Waals surface area contributed by atoms with Crippen molar-refractivity contribution in [1.82, 2.24) is 15.2 Å². The number of carbonyl (C=O) groups excluding carboxylic acids is 1. The van der Waals surface area contributed by atoms with Gasteiger partial charge in [-0.05, 0) is 50.2 Å². The summed E-state index contributed by atoms with van der Waals surface area (Å²) in [5.41, 5.74) is 1.59. The molecule has 1 N–H and O–H groups in total. The van der Waals surface area contributed by atoms with Gasteiger partial charge in [0.1, 0.15) is 0 Å². The molecule has 1 aromatic heterocycles. The van der Waals surface area contributed by atoms with E-state index in [0.29, 0.717) is 24.8 Å². The Bertz CT molecular complexity index is 727. The number of benzene rings is 1. The minimum Gasteiger partial charge on any atom is -0.378 e. The number of hydrogen-bond donors (Lipinski definition) is 1. The number of carbonyl (C=O) groups is 1. The Hall–Kier alpha value is -1.98. The van der Waals surface area contributed by atoms with Gasteiger partial charge in [0.05, 0.1) is 30.8 Å². The average molecular weight is 325 g/mol. The first kappa shape index (κ1) is 15.5. The molecule has 126 valence electrons. The van der Waals surface area contributed by atoms with Gasteiger partial charge in [-0.25, -0.2) is 0 Å². The zero-order valence-corrected chi connectivity index (χ0v) is 13.8. The van der Waals surface area contributed by atoms with Crippen LogP contribution in [0, 0.1) is 0 Å². The lowest BCUT2D eigenvalue weighted by Gasteiger charge is -2.34. The summed E-state index contributed by atoms with van der Waals surface area (Å²) in [6, 6.07) is 9.89. The van der Waals surface area contributed by atoms with Gasteiger partial charge in [-0.1, -0.05) is 12.5 Å². The van der Waals surface area contributed by atoms with Gasteiger partial charge in [0.2, 0.25) is 0 Å². The van der Waals surface area contributed by atoms with Crippen LogP contribution in [0.2, 0.25) is 0 Å². The van der Waals surface area contributed by atoms with Gasteiger partial charge in [0, 0.05) is 17.1 Å². The smallest absolute Gasteiger partial charge is 0.251 e. The summed E-state index contributed by atoms with van der Waals surface area (Å²) in [5.74, 6) is -0.0294. The SMILES string of the molecule is O=C(N[C@H]1COC[C@@H]1N1CCCCC1)c1ccc2ncccc2c1. The van der Waals surface area contributed by atoms with Gasteiger partial charge in [-0.15, -0.1) is 0 Å². The molecular formula is C19H23N3O2. The summed E-state index contributed by atoms with van der Waals surface area (Å²) in [5, 5.41) is 4.17. The van der Waals surface area contributed by atoms with E-state index in [2.05, 4.69) is 15.2 Å². The van der Waals surface area contributed by atoms with Crippen molar-refractivity contribution in [1.29, 1.82) is 0 Å². The van der Waals surface area contributed by atoms with Crippen LogP contribution >= 0.6 is 0 Å². The molecule has 3 heterocycles. The second-order valence-electron chi connectivity index (χ2n) is 6.69. The van der Waals surface area contributed by atoms with Crippen molar-refractivity contribution in [3.05, 3.63) is 42.1 Å². The van der Waals surface area contributed by atoms with Crippen molar-refractivity contribution < 1.29 is 9.53 Å². The zero-order chi connectivity index (χ0) is 16.4. The summed E-state index contributed by atoms with van der Waals surface area (Å²) >= 11 is 0. The van der Waals surface area contributed by atoms with Crippen LogP contribution in [-0.4, -0.2) is 54.2 Å². The maximum absolute atomic E-state index is 12.7. The normalized spacial score (nSPS) is 25.0. The number of pyridine rings is 1. The van der Waals surface area contributed by atoms with Crippen molar-refractivity contribution in [2.75, 3.05) is 26.3 Å². The lowest BCUT2D eigenvalue weighted by Crippen LogP contribution is -2.52. The lowest BCUT2D eigenvalue weighted by atomic mass is 10.0. The van der Waals surface area contributed by atoms with E-state index in [1.807, 2.05) is 30.3 Å². The van der Waals surface area contributed by atoms with Crippen LogP contribution in [0.3, 0.4) is 0 Å². The topological polar surface area (TPSA) is 54.5 Å². The van der Waals surface area contributed by atoms with Gasteiger partial charge in [0.25, 0.3) is 5.91 Å². The zero-order valence-electron chi connectivity index (χ0n) is 13.8. The number of amides is 1. The number of nitrogens with zero attached hydrogens (tertiary/aromatic N) is 2. The van der Waals surface area contributed by atoms with Crippen molar-refractivity contribution >= 4 is 16.8 Å². The van der Waals surface area contributed by atoms with Crippen LogP contribution in [0.4, 0.5) is 0 Å². The summed E-state index contributed by atoms with van der Waals surface area (Å²) in [6.07, 6.45) is 5.57. The molecule has 5 nitrogen and oxygen atoms in total. The quantitative estimate of drug-likeness (QED) is 0.940. The predicted molar refractivity (Wildman–Crippen MR) is 93.0 cm³/mol. The second-order valence-corrected chi connectivity index (χ2v) is 6.69. The monoisotopic (exact) mass is 325 g/mol. The molecule has 0 radical (unpaired) electrons. The molecule has 2 aromatic rings. The van der Waals surface area contributed by atoms with E-state index >= 15 is 0 Å². The molecule has 0 bridgehead atoms. The first-order valence-corrected chi connectivity index (χ1v) is 8.79. The number of piperidine rings is 1. The Balaban J connectivity index is 1.47. The second kappa shape index (κ2) is 6.87. The number of rotatable bonds is 3. The molecule has 0 saturated carbocycles. The van der Waals surface area contributed by atoms with Crippen molar-refractivity contribution in [2.24, 2.45) is 0 Å². The first-order valence-electron chi connectivity index (χ1n) is 8.79. The van der Waals surface area contributed by atoms with Gasteiger partial charge in [-0.2, -0.15) is 0 Å². The molecule has 24 heavy (non-hydrogen) atoms. The van der Waals surface area contributed by atoms with E-state index in [0.717, 1.165) is 24.0 Å². The molecule has 2 saturated heterocycles. The molecule has 2 aliphatic heterocycles. The van der Waals surface area contributed by atoms with E-state index in [1.54, 1.807) is 6.20 Å². The molecule has 0 aliphatic carbocycles. The van der Waals surface area contributed by atoms with Crippen LogP contribution in [0.1, 0.15) is 29.6 Å². The van der Waals surface area contributed by atoms with E-state index in [9.17, 15) is 4.79 Å². The first-order chi connectivity index (χ1) is 11.8. The highest BCUT2D eigenvalue weighted by Gasteiger charge is 2.34. The molecular weight excluding hydrogens is 302 g/mol. The fourth-order valence-electron chi connectivity index (χ4n) is 3.76. The van der Waals surface area contributed by atoms with E-state index in [4.69, 9.17) is 4.74 Å². The summed E-state index contributed by atoms with van der Waals surface area (Å²) in [6.45, 7) is 3.54. The summed E-state index contributed by atoms with van der Waals surface area (Å²) < 4.78 is 5.66. The fourth-order valence-corrected chi connectivity index (χ4v) is 3.76. The molecule has 1 aromatic carbocycles. The average Bonchev–Trinajstić information content (AvgIpc) is 3.10. The minimum atomic E-state index is -0.0294. The Kier molecular flexibility index (Phi) is 4.45. The van der Waals surface area contributed by atoms with E-state index in [1.165, 1.54) is 19.3 Å². The summed E-state index contributed by atoms with van der Waals surface area (Å²) in [7, 11) is 0. The summed E-state index contributed by atoms with van der Waals surface area (Å²) in [4.78, 5) is 19.4. The molecule has 4 rings (SSSR count). The maximum atomic E-state index is 12.7. The largest absolute Gasteiger partial charge is 0.378 e. The molecule has 2 aliphatic rings. The van der Waals surface area contributed by atoms with Crippen LogP contribution in [0.25, 0.3) is 10.9 Å². The van der Waals surface area contributed by atoms with Crippen LogP contribution in [0.5, 0.6) is 0 Å². The van der Waals surface area contributed by atoms with E-state index in [-0.39, 0.29) is 11.9 Å². The number of fused-ring (bicyclic) bond motifs is 1. The highest BCUT2D eigenvalue weighted by Crippen LogP contribution is 2.20. The van der Waals surface area contributed by atoms with Gasteiger partial charge in [-0.3, -0.25) is 14.7 Å². The molecule has 2 fully saturated rings. The number of aromatic nitrogens is 1. The Morgan fingerprint density at radius 2 is 2.04 bits per heavy atom.